The number of rotatable bonds is 7. The average Bonchev–Trinajstić information content (AvgIpc) is 2.60. The molecule has 0 bridgehead atoms. The molecule has 1 atom stereocenters. The summed E-state index contributed by atoms with van der Waals surface area (Å²) >= 11 is 0. The number of guanidine groups is 1. The zero-order valence-electron chi connectivity index (χ0n) is 15.6. The van der Waals surface area contributed by atoms with Crippen LogP contribution in [-0.4, -0.2) is 36.1 Å². The van der Waals surface area contributed by atoms with Gasteiger partial charge in [-0.25, -0.2) is 0 Å². The Hall–Kier alpha value is -1.41. The zero-order valence-corrected chi connectivity index (χ0v) is 18.8. The van der Waals surface area contributed by atoms with Gasteiger partial charge in [0.1, 0.15) is 0 Å². The number of benzene rings is 2. The fourth-order valence-corrected chi connectivity index (χ4v) is 3.70. The summed E-state index contributed by atoms with van der Waals surface area (Å²) in [6, 6.07) is 16.2. The fraction of sp³-hybridized carbons (Fsp3) is 0.350. The molecule has 0 aliphatic heterocycles. The largest absolute Gasteiger partial charge is 0.356 e. The van der Waals surface area contributed by atoms with Crippen LogP contribution in [-0.2, 0) is 17.2 Å². The molecule has 0 radical (unpaired) electrons. The Morgan fingerprint density at radius 1 is 1.00 bits per heavy atom. The third-order valence-corrected chi connectivity index (χ3v) is 5.17. The number of halogens is 1. The molecule has 0 aliphatic rings. The first-order valence-corrected chi connectivity index (χ1v) is 9.85. The van der Waals surface area contributed by atoms with Gasteiger partial charge in [-0.15, -0.1) is 24.0 Å². The van der Waals surface area contributed by atoms with E-state index in [1.54, 1.807) is 7.05 Å². The first-order chi connectivity index (χ1) is 12.1. The van der Waals surface area contributed by atoms with Crippen molar-refractivity contribution in [2.24, 2.45) is 4.99 Å². The third-order valence-electron chi connectivity index (χ3n) is 3.80. The molecule has 0 saturated carbocycles. The van der Waals surface area contributed by atoms with Gasteiger partial charge in [0.15, 0.2) is 5.96 Å². The summed E-state index contributed by atoms with van der Waals surface area (Å²) in [6.07, 6.45) is 0.944. The lowest BCUT2D eigenvalue weighted by Gasteiger charge is -2.12. The SMILES string of the molecule is CN=C(NCCc1cc(C)cc(C)c1)NCCS(=O)c1ccccc1.I. The second-order valence-electron chi connectivity index (χ2n) is 6.03. The van der Waals surface area contributed by atoms with Gasteiger partial charge in [-0.2, -0.15) is 0 Å². The molecule has 1 unspecified atom stereocenters. The van der Waals surface area contributed by atoms with Gasteiger partial charge in [-0.05, 0) is 38.0 Å². The van der Waals surface area contributed by atoms with E-state index in [1.807, 2.05) is 30.3 Å². The number of hydrogen-bond donors (Lipinski definition) is 2. The van der Waals surface area contributed by atoms with Crippen LogP contribution in [0.3, 0.4) is 0 Å². The van der Waals surface area contributed by atoms with Crippen molar-refractivity contribution in [3.63, 3.8) is 0 Å². The first kappa shape index (κ1) is 22.6. The van der Waals surface area contributed by atoms with E-state index in [2.05, 4.69) is 47.7 Å². The Bertz CT molecular complexity index is 715. The molecule has 142 valence electrons. The van der Waals surface area contributed by atoms with Gasteiger partial charge in [0, 0.05) is 30.8 Å². The summed E-state index contributed by atoms with van der Waals surface area (Å²) in [6.45, 7) is 5.67. The molecule has 4 nitrogen and oxygen atoms in total. The van der Waals surface area contributed by atoms with Gasteiger partial charge in [0.25, 0.3) is 0 Å². The van der Waals surface area contributed by atoms with Crippen LogP contribution in [0.1, 0.15) is 16.7 Å². The van der Waals surface area contributed by atoms with E-state index in [0.717, 1.165) is 23.8 Å². The van der Waals surface area contributed by atoms with Crippen LogP contribution in [0.4, 0.5) is 0 Å². The number of nitrogens with one attached hydrogen (secondary N) is 2. The summed E-state index contributed by atoms with van der Waals surface area (Å²) in [5.74, 6) is 1.30. The smallest absolute Gasteiger partial charge is 0.191 e. The minimum atomic E-state index is -0.988. The monoisotopic (exact) mass is 485 g/mol. The van der Waals surface area contributed by atoms with Gasteiger partial charge in [-0.3, -0.25) is 9.20 Å². The van der Waals surface area contributed by atoms with E-state index < -0.39 is 10.8 Å². The van der Waals surface area contributed by atoms with Crippen molar-refractivity contribution in [1.29, 1.82) is 0 Å². The number of aliphatic imine (C=N–C) groups is 1. The van der Waals surface area contributed by atoms with Crippen LogP contribution in [0.5, 0.6) is 0 Å². The maximum atomic E-state index is 12.2. The van der Waals surface area contributed by atoms with Crippen molar-refractivity contribution >= 4 is 40.7 Å². The lowest BCUT2D eigenvalue weighted by molar-refractivity contribution is 0.681. The molecule has 0 saturated heterocycles. The fourth-order valence-electron chi connectivity index (χ4n) is 2.71. The van der Waals surface area contributed by atoms with E-state index in [1.165, 1.54) is 16.7 Å². The number of aryl methyl sites for hydroxylation is 2. The van der Waals surface area contributed by atoms with Crippen LogP contribution < -0.4 is 10.6 Å². The molecule has 0 aromatic heterocycles. The molecule has 2 aromatic carbocycles. The molecule has 2 rings (SSSR count). The molecule has 2 N–H and O–H groups in total. The number of nitrogens with zero attached hydrogens (tertiary/aromatic N) is 1. The van der Waals surface area contributed by atoms with Gasteiger partial charge in [-0.1, -0.05) is 47.5 Å². The van der Waals surface area contributed by atoms with E-state index in [0.29, 0.717) is 12.3 Å². The first-order valence-electron chi connectivity index (χ1n) is 8.53. The molecule has 0 aliphatic carbocycles. The summed E-state index contributed by atoms with van der Waals surface area (Å²) < 4.78 is 12.2. The molecule has 0 spiro atoms. The van der Waals surface area contributed by atoms with Crippen molar-refractivity contribution in [2.75, 3.05) is 25.9 Å². The molecule has 26 heavy (non-hydrogen) atoms. The highest BCUT2D eigenvalue weighted by molar-refractivity contribution is 14.0. The Kier molecular flexibility index (Phi) is 10.5. The number of hydrogen-bond acceptors (Lipinski definition) is 2. The second-order valence-corrected chi connectivity index (χ2v) is 7.61. The lowest BCUT2D eigenvalue weighted by atomic mass is 10.1. The molecule has 0 fully saturated rings. The maximum absolute atomic E-state index is 12.2. The summed E-state index contributed by atoms with van der Waals surface area (Å²) in [7, 11) is 0.762. The standard InChI is InChI=1S/C20H27N3OS.HI/c1-16-13-17(2)15-18(14-16)9-10-22-20(21-3)23-11-12-25(24)19-7-5-4-6-8-19;/h4-8,13-15H,9-12H2,1-3H3,(H2,21,22,23);1H. The maximum Gasteiger partial charge on any atom is 0.191 e. The average molecular weight is 485 g/mol. The van der Waals surface area contributed by atoms with Crippen LogP contribution in [0.2, 0.25) is 0 Å². The summed E-state index contributed by atoms with van der Waals surface area (Å²) in [5.41, 5.74) is 3.91. The summed E-state index contributed by atoms with van der Waals surface area (Å²) in [4.78, 5) is 5.08. The predicted molar refractivity (Wildman–Crippen MR) is 122 cm³/mol. The van der Waals surface area contributed by atoms with Crippen molar-refractivity contribution in [3.8, 4) is 0 Å². The molecule has 6 heteroatoms. The Morgan fingerprint density at radius 3 is 2.23 bits per heavy atom. The second kappa shape index (κ2) is 12.1. The minimum absolute atomic E-state index is 0. The van der Waals surface area contributed by atoms with Gasteiger partial charge in [0.2, 0.25) is 0 Å². The van der Waals surface area contributed by atoms with E-state index in [9.17, 15) is 4.21 Å². The van der Waals surface area contributed by atoms with E-state index in [-0.39, 0.29) is 24.0 Å². The van der Waals surface area contributed by atoms with Crippen LogP contribution in [0.15, 0.2) is 58.4 Å². The van der Waals surface area contributed by atoms with E-state index >= 15 is 0 Å². The quantitative estimate of drug-likeness (QED) is 0.359. The topological polar surface area (TPSA) is 53.5 Å². The Labute approximate surface area is 176 Å². The minimum Gasteiger partial charge on any atom is -0.356 e. The van der Waals surface area contributed by atoms with Crippen LogP contribution >= 0.6 is 24.0 Å². The predicted octanol–water partition coefficient (Wildman–Crippen LogP) is 3.44. The third kappa shape index (κ3) is 7.86. The Morgan fingerprint density at radius 2 is 1.62 bits per heavy atom. The highest BCUT2D eigenvalue weighted by atomic mass is 127. The lowest BCUT2D eigenvalue weighted by Crippen LogP contribution is -2.40. The van der Waals surface area contributed by atoms with Crippen molar-refractivity contribution < 1.29 is 4.21 Å². The van der Waals surface area contributed by atoms with Crippen molar-refractivity contribution in [1.82, 2.24) is 10.6 Å². The van der Waals surface area contributed by atoms with Gasteiger partial charge in [0.05, 0.1) is 10.8 Å². The van der Waals surface area contributed by atoms with Crippen molar-refractivity contribution in [3.05, 3.63) is 65.2 Å². The molecule has 2 aromatic rings. The van der Waals surface area contributed by atoms with Crippen molar-refractivity contribution in [2.45, 2.75) is 25.2 Å². The molecular formula is C20H28IN3OS. The highest BCUT2D eigenvalue weighted by Gasteiger charge is 2.04. The molecule has 0 heterocycles. The van der Waals surface area contributed by atoms with E-state index in [4.69, 9.17) is 0 Å². The highest BCUT2D eigenvalue weighted by Crippen LogP contribution is 2.09. The zero-order chi connectivity index (χ0) is 18.1. The molecular weight excluding hydrogens is 457 g/mol. The van der Waals surface area contributed by atoms with Crippen LogP contribution in [0, 0.1) is 13.8 Å². The Balaban J connectivity index is 0.00000338. The normalized spacial score (nSPS) is 12.2. The van der Waals surface area contributed by atoms with Crippen LogP contribution in [0.25, 0.3) is 0 Å². The molecule has 0 amide bonds. The summed E-state index contributed by atoms with van der Waals surface area (Å²) in [5, 5.41) is 6.54. The van der Waals surface area contributed by atoms with Gasteiger partial charge >= 0.3 is 0 Å². The van der Waals surface area contributed by atoms with Gasteiger partial charge < -0.3 is 10.6 Å².